The summed E-state index contributed by atoms with van der Waals surface area (Å²) in [4.78, 5) is 0. The van der Waals surface area contributed by atoms with Crippen molar-refractivity contribution in [3.05, 3.63) is 119 Å². The van der Waals surface area contributed by atoms with E-state index < -0.39 is 5.41 Å². The van der Waals surface area contributed by atoms with E-state index in [-0.39, 0.29) is 24.8 Å². The first-order chi connectivity index (χ1) is 20.1. The summed E-state index contributed by atoms with van der Waals surface area (Å²) in [7, 11) is 0. The zero-order valence-electron chi connectivity index (χ0n) is 23.3. The van der Waals surface area contributed by atoms with Gasteiger partial charge >= 0.3 is 0 Å². The molecule has 4 aromatic carbocycles. The van der Waals surface area contributed by atoms with E-state index >= 15 is 0 Å². The molecule has 0 spiro atoms. The molecule has 0 bridgehead atoms. The maximum atomic E-state index is 6.06. The van der Waals surface area contributed by atoms with Crippen LogP contribution >= 0.6 is 0 Å². The molecular weight excluding hydrogens is 516 g/mol. The Morgan fingerprint density at radius 2 is 1.00 bits per heavy atom. The van der Waals surface area contributed by atoms with E-state index in [0.29, 0.717) is 13.2 Å². The van der Waals surface area contributed by atoms with Crippen molar-refractivity contribution in [1.82, 2.24) is 0 Å². The molecule has 4 unspecified atom stereocenters. The monoisotopic (exact) mass is 550 g/mol. The fourth-order valence-electron chi connectivity index (χ4n) is 5.86. The zero-order valence-corrected chi connectivity index (χ0v) is 23.3. The molecule has 2 aliphatic heterocycles. The third kappa shape index (κ3) is 5.24. The van der Waals surface area contributed by atoms with E-state index in [0.717, 1.165) is 35.8 Å². The third-order valence-corrected chi connectivity index (χ3v) is 7.97. The summed E-state index contributed by atoms with van der Waals surface area (Å²) in [5.41, 5.74) is 6.83. The number of epoxide rings is 2. The molecule has 0 saturated carbocycles. The number of ether oxygens (including phenoxy) is 6. The van der Waals surface area contributed by atoms with Gasteiger partial charge in [0.15, 0.2) is 12.6 Å². The lowest BCUT2D eigenvalue weighted by Gasteiger charge is -2.34. The molecule has 4 aromatic rings. The molecule has 3 aliphatic rings. The Bertz CT molecular complexity index is 1380. The minimum Gasteiger partial charge on any atom is -0.465 e. The van der Waals surface area contributed by atoms with Crippen LogP contribution in [-0.4, -0.2) is 51.2 Å². The fraction of sp³-hybridized carbons (Fsp3) is 0.314. The van der Waals surface area contributed by atoms with Crippen LogP contribution in [0.2, 0.25) is 0 Å². The van der Waals surface area contributed by atoms with Crippen molar-refractivity contribution in [1.29, 1.82) is 0 Å². The molecule has 2 heterocycles. The molecule has 6 nitrogen and oxygen atoms in total. The first-order valence-electron chi connectivity index (χ1n) is 14.3. The Kier molecular flexibility index (Phi) is 7.01. The number of hydrogen-bond donors (Lipinski definition) is 0. The van der Waals surface area contributed by atoms with Crippen LogP contribution in [0.5, 0.6) is 11.5 Å². The molecule has 0 aromatic heterocycles. The van der Waals surface area contributed by atoms with Crippen molar-refractivity contribution in [2.75, 3.05) is 26.4 Å². The second-order valence-corrected chi connectivity index (χ2v) is 10.8. The molecule has 4 atom stereocenters. The molecule has 2 fully saturated rings. The van der Waals surface area contributed by atoms with Crippen LogP contribution in [0.25, 0.3) is 11.1 Å². The van der Waals surface area contributed by atoms with Crippen molar-refractivity contribution < 1.29 is 28.4 Å². The number of fused-ring (bicyclic) bond motifs is 3. The van der Waals surface area contributed by atoms with Crippen molar-refractivity contribution in [2.24, 2.45) is 0 Å². The molecule has 0 amide bonds. The first kappa shape index (κ1) is 26.2. The molecular formula is C35H34O6. The van der Waals surface area contributed by atoms with Gasteiger partial charge in [-0.25, -0.2) is 0 Å². The largest absolute Gasteiger partial charge is 0.465 e. The summed E-state index contributed by atoms with van der Waals surface area (Å²) in [6.45, 7) is 6.46. The van der Waals surface area contributed by atoms with Gasteiger partial charge in [-0.15, -0.1) is 0 Å². The number of rotatable bonds is 12. The van der Waals surface area contributed by atoms with Crippen LogP contribution in [0.3, 0.4) is 0 Å². The van der Waals surface area contributed by atoms with Crippen molar-refractivity contribution in [3.63, 3.8) is 0 Å². The first-order valence-corrected chi connectivity index (χ1v) is 14.3. The van der Waals surface area contributed by atoms with Crippen molar-refractivity contribution >= 4 is 0 Å². The summed E-state index contributed by atoms with van der Waals surface area (Å²) in [5.74, 6) is 1.53. The van der Waals surface area contributed by atoms with Gasteiger partial charge in [0.1, 0.15) is 23.7 Å². The standard InChI is InChI=1S/C35H34O6/c1-23(36-19-29-21-38-29)40-27-15-11-25(12-16-27)35(33-9-5-3-7-31(33)32-8-4-6-10-34(32)35)26-13-17-28(18-14-26)41-24(2)37-20-30-22-39-30/h3-18,23-24,29-30H,19-22H2,1-2H3. The predicted octanol–water partition coefficient (Wildman–Crippen LogP) is 6.33. The van der Waals surface area contributed by atoms with Crippen LogP contribution in [0.4, 0.5) is 0 Å². The topological polar surface area (TPSA) is 62.0 Å². The quantitative estimate of drug-likeness (QED) is 0.134. The lowest BCUT2D eigenvalue weighted by molar-refractivity contribution is -0.0711. The van der Waals surface area contributed by atoms with E-state index in [4.69, 9.17) is 28.4 Å². The fourth-order valence-corrected chi connectivity index (χ4v) is 5.86. The van der Waals surface area contributed by atoms with Crippen LogP contribution in [0, 0.1) is 0 Å². The Morgan fingerprint density at radius 3 is 1.39 bits per heavy atom. The van der Waals surface area contributed by atoms with Gasteiger partial charge in [0, 0.05) is 0 Å². The van der Waals surface area contributed by atoms with E-state index in [1.54, 1.807) is 0 Å². The average Bonchev–Trinajstić information content (AvgIpc) is 3.94. The Hall–Kier alpha value is -3.68. The number of hydrogen-bond acceptors (Lipinski definition) is 6. The molecule has 7 rings (SSSR count). The van der Waals surface area contributed by atoms with Crippen LogP contribution in [0.15, 0.2) is 97.1 Å². The summed E-state index contributed by atoms with van der Waals surface area (Å²) in [6.07, 6.45) is -0.309. The highest BCUT2D eigenvalue weighted by Crippen LogP contribution is 2.56. The molecule has 1 aliphatic carbocycles. The van der Waals surface area contributed by atoms with Gasteiger partial charge in [-0.1, -0.05) is 72.8 Å². The second-order valence-electron chi connectivity index (χ2n) is 10.8. The van der Waals surface area contributed by atoms with E-state index in [2.05, 4.69) is 72.8 Å². The summed E-state index contributed by atoms with van der Waals surface area (Å²) in [5, 5.41) is 0. The van der Waals surface area contributed by atoms with Gasteiger partial charge in [-0.2, -0.15) is 0 Å². The molecule has 41 heavy (non-hydrogen) atoms. The zero-order chi connectivity index (χ0) is 27.8. The maximum absolute atomic E-state index is 6.06. The van der Waals surface area contributed by atoms with Gasteiger partial charge < -0.3 is 28.4 Å². The minimum atomic E-state index is -0.499. The van der Waals surface area contributed by atoms with E-state index in [9.17, 15) is 0 Å². The highest BCUT2D eigenvalue weighted by molar-refractivity contribution is 5.86. The average molecular weight is 551 g/mol. The van der Waals surface area contributed by atoms with Crippen molar-refractivity contribution in [2.45, 2.75) is 44.1 Å². The predicted molar refractivity (Wildman–Crippen MR) is 155 cm³/mol. The summed E-state index contributed by atoms with van der Waals surface area (Å²) >= 11 is 0. The van der Waals surface area contributed by atoms with E-state index in [1.165, 1.54) is 22.3 Å². The van der Waals surface area contributed by atoms with E-state index in [1.807, 2.05) is 38.1 Å². The second kappa shape index (κ2) is 11.0. The van der Waals surface area contributed by atoms with Gasteiger partial charge in [0.2, 0.25) is 0 Å². The van der Waals surface area contributed by atoms with Crippen molar-refractivity contribution in [3.8, 4) is 22.6 Å². The molecule has 0 N–H and O–H groups in total. The normalized spacial score (nSPS) is 20.9. The van der Waals surface area contributed by atoms with Crippen LogP contribution in [0.1, 0.15) is 36.1 Å². The summed E-state index contributed by atoms with van der Waals surface area (Å²) in [6, 6.07) is 34.2. The third-order valence-electron chi connectivity index (χ3n) is 7.97. The Labute approximate surface area is 240 Å². The van der Waals surface area contributed by atoms with Gasteiger partial charge in [-0.05, 0) is 71.5 Å². The highest BCUT2D eigenvalue weighted by atomic mass is 16.7. The smallest absolute Gasteiger partial charge is 0.197 e. The molecule has 6 heteroatoms. The van der Waals surface area contributed by atoms with Crippen LogP contribution < -0.4 is 9.47 Å². The van der Waals surface area contributed by atoms with Gasteiger partial charge in [0.25, 0.3) is 0 Å². The highest BCUT2D eigenvalue weighted by Gasteiger charge is 2.45. The van der Waals surface area contributed by atoms with Gasteiger partial charge in [0.05, 0.1) is 31.8 Å². The SMILES string of the molecule is CC(OCC1CO1)Oc1ccc(C2(c3ccc(OC(C)OCC4CO4)cc3)c3ccccc3-c3ccccc32)cc1. The Balaban J connectivity index is 1.23. The minimum absolute atomic E-state index is 0.204. The molecule has 210 valence electrons. The Morgan fingerprint density at radius 1 is 0.610 bits per heavy atom. The summed E-state index contributed by atoms with van der Waals surface area (Å²) < 4.78 is 34.2. The lowest BCUT2D eigenvalue weighted by Crippen LogP contribution is -2.28. The number of benzene rings is 4. The molecule has 2 saturated heterocycles. The van der Waals surface area contributed by atoms with Crippen LogP contribution in [-0.2, 0) is 24.4 Å². The molecule has 0 radical (unpaired) electrons. The van der Waals surface area contributed by atoms with Gasteiger partial charge in [-0.3, -0.25) is 0 Å². The lowest BCUT2D eigenvalue weighted by atomic mass is 9.68. The maximum Gasteiger partial charge on any atom is 0.197 e.